The summed E-state index contributed by atoms with van der Waals surface area (Å²) >= 11 is 0. The standard InChI is InChI=1S/C59H91NO7/c1-6-8-10-12-14-16-18-20-22-24-26-28-29-30-32-33-35-37-39-41-43-45-47-49-57(61)66-54-55(53-65-52-51-56(59(63)64)60(3,4)5)67-58(62)50-48-46-44-42-40-38-36-34-31-27-25-23-21-19-17-15-13-11-9-7-2/h8-11,14-17,20-23,26-28,30-32,35-38,42,44,55-56H,6-7,12-13,18-19,24-25,29,33-34,39-41,43,45-54H2,1-5H3/p+1/b10-8+,11-9+,16-14+,17-15+,22-20+,23-21+,28-26+,31-27+,32-30+,37-35+,38-36+,44-42+. The SMILES string of the molecule is CC/C=C/C/C=C/C/C=C/C/C=C/C/C=C/C/C=C/CCCCCCC(=O)OCC(COCCC(C(=O)O)[N+](C)(C)C)OC(=O)CCC/C=C/C/C=C/C/C=C/C/C=C/C/C=C/C/C=C/CC. The minimum atomic E-state index is -0.895. The molecule has 8 heteroatoms. The molecule has 2 atom stereocenters. The van der Waals surface area contributed by atoms with Crippen LogP contribution in [0.25, 0.3) is 0 Å². The average Bonchev–Trinajstić information content (AvgIpc) is 3.29. The van der Waals surface area contributed by atoms with Crippen molar-refractivity contribution in [1.29, 1.82) is 0 Å². The van der Waals surface area contributed by atoms with Gasteiger partial charge in [0.15, 0.2) is 12.1 Å². The van der Waals surface area contributed by atoms with Crippen LogP contribution in [0.2, 0.25) is 0 Å². The first kappa shape index (κ1) is 62.2. The van der Waals surface area contributed by atoms with Gasteiger partial charge in [0.25, 0.3) is 0 Å². The van der Waals surface area contributed by atoms with E-state index in [1.807, 2.05) is 21.1 Å². The van der Waals surface area contributed by atoms with Crippen molar-refractivity contribution in [3.05, 3.63) is 146 Å². The van der Waals surface area contributed by atoms with Gasteiger partial charge in [-0.15, -0.1) is 0 Å². The Kier molecular flexibility index (Phi) is 44.3. The Morgan fingerprint density at radius 1 is 0.448 bits per heavy atom. The normalized spacial score (nSPS) is 14.1. The maximum Gasteiger partial charge on any atom is 0.362 e. The number of unbranched alkanes of at least 4 members (excludes halogenated alkanes) is 5. The third-order valence-electron chi connectivity index (χ3n) is 10.2. The first-order valence-corrected chi connectivity index (χ1v) is 25.4. The summed E-state index contributed by atoms with van der Waals surface area (Å²) in [7, 11) is 5.49. The van der Waals surface area contributed by atoms with Gasteiger partial charge in [-0.25, -0.2) is 4.79 Å². The lowest BCUT2D eigenvalue weighted by Gasteiger charge is -2.31. The van der Waals surface area contributed by atoms with Gasteiger partial charge in [-0.2, -0.15) is 0 Å². The molecule has 1 N–H and O–H groups in total. The highest BCUT2D eigenvalue weighted by atomic mass is 16.6. The molecule has 2 unspecified atom stereocenters. The van der Waals surface area contributed by atoms with E-state index in [0.717, 1.165) is 116 Å². The number of carboxylic acids is 1. The first-order chi connectivity index (χ1) is 32.6. The molecule has 0 saturated heterocycles. The molecule has 0 saturated carbocycles. The lowest BCUT2D eigenvalue weighted by molar-refractivity contribution is -0.887. The van der Waals surface area contributed by atoms with Crippen molar-refractivity contribution < 1.29 is 38.2 Å². The Morgan fingerprint density at radius 2 is 0.806 bits per heavy atom. The van der Waals surface area contributed by atoms with Crippen LogP contribution in [-0.4, -0.2) is 80.6 Å². The fourth-order valence-electron chi connectivity index (χ4n) is 6.40. The summed E-state index contributed by atoms with van der Waals surface area (Å²) in [5.41, 5.74) is 0. The van der Waals surface area contributed by atoms with Crippen molar-refractivity contribution in [2.75, 3.05) is 41.0 Å². The molecule has 8 nitrogen and oxygen atoms in total. The molecule has 0 bridgehead atoms. The van der Waals surface area contributed by atoms with Crippen molar-refractivity contribution >= 4 is 17.9 Å². The summed E-state index contributed by atoms with van der Waals surface area (Å²) in [6, 6.07) is -0.640. The van der Waals surface area contributed by atoms with E-state index in [4.69, 9.17) is 14.2 Å². The zero-order chi connectivity index (χ0) is 49.2. The number of quaternary nitrogens is 1. The fraction of sp³-hybridized carbons (Fsp3) is 0.542. The molecule has 0 spiro atoms. The summed E-state index contributed by atoms with van der Waals surface area (Å²) in [5.74, 6) is -1.60. The molecule has 0 radical (unpaired) electrons. The summed E-state index contributed by atoms with van der Waals surface area (Å²) in [5, 5.41) is 9.65. The minimum absolute atomic E-state index is 0.0181. The van der Waals surface area contributed by atoms with Crippen LogP contribution in [0, 0.1) is 0 Å². The van der Waals surface area contributed by atoms with Crippen LogP contribution in [0.4, 0.5) is 0 Å². The quantitative estimate of drug-likeness (QED) is 0.0281. The van der Waals surface area contributed by atoms with Gasteiger partial charge in [-0.05, 0) is 109 Å². The summed E-state index contributed by atoms with van der Waals surface area (Å²) in [6.45, 7) is 4.39. The fourth-order valence-corrected chi connectivity index (χ4v) is 6.40. The molecule has 374 valence electrons. The number of hydrogen-bond donors (Lipinski definition) is 1. The minimum Gasteiger partial charge on any atom is -0.477 e. The molecule has 0 rings (SSSR count). The summed E-state index contributed by atoms with van der Waals surface area (Å²) < 4.78 is 17.2. The number of carboxylic acid groups (broad SMARTS) is 1. The highest BCUT2D eigenvalue weighted by Gasteiger charge is 2.31. The van der Waals surface area contributed by atoms with Crippen molar-refractivity contribution in [1.82, 2.24) is 0 Å². The van der Waals surface area contributed by atoms with Gasteiger partial charge in [0, 0.05) is 19.3 Å². The van der Waals surface area contributed by atoms with Gasteiger partial charge in [0.2, 0.25) is 0 Å². The van der Waals surface area contributed by atoms with Crippen LogP contribution in [0.15, 0.2) is 146 Å². The van der Waals surface area contributed by atoms with E-state index >= 15 is 0 Å². The van der Waals surface area contributed by atoms with E-state index in [1.165, 1.54) is 0 Å². The maximum atomic E-state index is 12.8. The maximum absolute atomic E-state index is 12.8. The number of hydrogen-bond acceptors (Lipinski definition) is 6. The van der Waals surface area contributed by atoms with Gasteiger partial charge in [0.1, 0.15) is 6.61 Å². The Morgan fingerprint density at radius 3 is 1.19 bits per heavy atom. The van der Waals surface area contributed by atoms with Crippen molar-refractivity contribution in [3.8, 4) is 0 Å². The second kappa shape index (κ2) is 47.7. The van der Waals surface area contributed by atoms with E-state index in [2.05, 4.69) is 160 Å². The second-order valence-corrected chi connectivity index (χ2v) is 17.3. The molecule has 0 fully saturated rings. The Labute approximate surface area is 408 Å². The number of aliphatic carboxylic acids is 1. The van der Waals surface area contributed by atoms with E-state index in [1.54, 1.807) is 0 Å². The van der Waals surface area contributed by atoms with Gasteiger partial charge in [0.05, 0.1) is 34.4 Å². The average molecular weight is 927 g/mol. The third-order valence-corrected chi connectivity index (χ3v) is 10.2. The Hall–Kier alpha value is -4.79. The molecule has 0 aromatic rings. The molecular formula is C59H92NO7+. The Balaban J connectivity index is 4.45. The van der Waals surface area contributed by atoms with Gasteiger partial charge < -0.3 is 23.8 Å². The number of rotatable bonds is 43. The largest absolute Gasteiger partial charge is 0.477 e. The van der Waals surface area contributed by atoms with Crippen LogP contribution < -0.4 is 0 Å². The van der Waals surface area contributed by atoms with Crippen LogP contribution in [0.3, 0.4) is 0 Å². The number of allylic oxidation sites excluding steroid dienone is 24. The Bertz CT molecular complexity index is 1590. The van der Waals surface area contributed by atoms with Crippen LogP contribution in [0.5, 0.6) is 0 Å². The zero-order valence-electron chi connectivity index (χ0n) is 42.5. The molecule has 0 heterocycles. The molecule has 0 aliphatic heterocycles. The molecule has 0 aromatic carbocycles. The van der Waals surface area contributed by atoms with Crippen LogP contribution in [0.1, 0.15) is 155 Å². The number of esters is 2. The highest BCUT2D eigenvalue weighted by molar-refractivity contribution is 5.72. The lowest BCUT2D eigenvalue weighted by Crippen LogP contribution is -2.50. The summed E-state index contributed by atoms with van der Waals surface area (Å²) in [6.07, 6.45) is 70.5. The molecule has 0 amide bonds. The van der Waals surface area contributed by atoms with Gasteiger partial charge in [-0.1, -0.05) is 173 Å². The number of likely N-dealkylation sites (N-methyl/N-ethyl adjacent to an activating group) is 1. The monoisotopic (exact) mass is 927 g/mol. The smallest absolute Gasteiger partial charge is 0.362 e. The van der Waals surface area contributed by atoms with E-state index in [9.17, 15) is 19.5 Å². The molecule has 0 aromatic heterocycles. The number of nitrogens with zero attached hydrogens (tertiary/aromatic N) is 1. The zero-order valence-corrected chi connectivity index (χ0v) is 42.5. The second-order valence-electron chi connectivity index (χ2n) is 17.3. The first-order valence-electron chi connectivity index (χ1n) is 25.4. The highest BCUT2D eigenvalue weighted by Crippen LogP contribution is 2.11. The van der Waals surface area contributed by atoms with E-state index in [-0.39, 0.29) is 42.7 Å². The molecule has 0 aliphatic rings. The number of carbonyl (C=O) groups is 3. The molecule has 67 heavy (non-hydrogen) atoms. The summed E-state index contributed by atoms with van der Waals surface area (Å²) in [4.78, 5) is 37.2. The number of ether oxygens (including phenoxy) is 3. The molecule has 0 aliphatic carbocycles. The topological polar surface area (TPSA) is 99.1 Å². The van der Waals surface area contributed by atoms with Crippen molar-refractivity contribution in [2.24, 2.45) is 0 Å². The van der Waals surface area contributed by atoms with Crippen molar-refractivity contribution in [3.63, 3.8) is 0 Å². The van der Waals surface area contributed by atoms with E-state index < -0.39 is 18.1 Å². The van der Waals surface area contributed by atoms with Crippen molar-refractivity contribution in [2.45, 2.75) is 167 Å². The molecular weight excluding hydrogens is 835 g/mol. The third kappa shape index (κ3) is 46.1. The van der Waals surface area contributed by atoms with Crippen LogP contribution >= 0.6 is 0 Å². The predicted octanol–water partition coefficient (Wildman–Crippen LogP) is 14.9. The van der Waals surface area contributed by atoms with Gasteiger partial charge >= 0.3 is 17.9 Å². The van der Waals surface area contributed by atoms with Gasteiger partial charge in [-0.3, -0.25) is 9.59 Å². The lowest BCUT2D eigenvalue weighted by atomic mass is 10.1. The number of carbonyl (C=O) groups excluding carboxylic acids is 2. The van der Waals surface area contributed by atoms with E-state index in [0.29, 0.717) is 19.3 Å². The van der Waals surface area contributed by atoms with Crippen LogP contribution in [-0.2, 0) is 28.6 Å². The predicted molar refractivity (Wildman–Crippen MR) is 284 cm³/mol.